The van der Waals surface area contributed by atoms with E-state index in [0.717, 1.165) is 69.3 Å². The summed E-state index contributed by atoms with van der Waals surface area (Å²) >= 11 is 13.0. The maximum atomic E-state index is 6.51. The molecular formula is C35H51Cl2FeN3Si2. The van der Waals surface area contributed by atoms with Gasteiger partial charge in [-0.3, -0.25) is 0 Å². The Kier molecular flexibility index (Phi) is 17.8. The van der Waals surface area contributed by atoms with E-state index in [4.69, 9.17) is 38.2 Å². The van der Waals surface area contributed by atoms with Gasteiger partial charge < -0.3 is 13.1 Å². The van der Waals surface area contributed by atoms with Crippen LogP contribution < -0.4 is 0 Å². The molecule has 0 bridgehead atoms. The molecule has 0 atom stereocenters. The van der Waals surface area contributed by atoms with Gasteiger partial charge in [0.25, 0.3) is 0 Å². The van der Waals surface area contributed by atoms with Crippen LogP contribution in [-0.4, -0.2) is 32.6 Å². The summed E-state index contributed by atoms with van der Waals surface area (Å²) in [5.74, 6) is 0. The molecule has 0 aliphatic rings. The number of aromatic nitrogens is 1. The van der Waals surface area contributed by atoms with Crippen molar-refractivity contribution in [2.24, 2.45) is 9.98 Å². The largest absolute Gasteiger partial charge is 2.00 e. The first-order valence-corrected chi connectivity index (χ1v) is 22.8. The molecule has 3 nitrogen and oxygen atoms in total. The molecule has 0 radical (unpaired) electrons. The van der Waals surface area contributed by atoms with Crippen molar-refractivity contribution in [3.63, 3.8) is 0 Å². The summed E-state index contributed by atoms with van der Waals surface area (Å²) in [6, 6.07) is 14.1. The van der Waals surface area contributed by atoms with Gasteiger partial charge in [-0.2, -0.15) is 0 Å². The second-order valence-corrected chi connectivity index (χ2v) is 24.2. The molecule has 1 heterocycles. The SMILES string of the molecule is CCc1cc(C)cc(Cl)c1N=C(C)c1cccc(C(C)=Nc2c(Cl)cc(C)cc2CC)n1.[CH2-][Si](C)(C)C.[CH2-][Si](C)(C)C.[Fe+2]. The first-order valence-electron chi connectivity index (χ1n) is 14.6. The van der Waals surface area contributed by atoms with Crippen molar-refractivity contribution in [2.75, 3.05) is 0 Å². The third-order valence-electron chi connectivity index (χ3n) is 5.38. The van der Waals surface area contributed by atoms with Gasteiger partial charge in [-0.25, -0.2) is 15.0 Å². The Morgan fingerprint density at radius 1 is 0.698 bits per heavy atom. The maximum Gasteiger partial charge on any atom is 2.00 e. The van der Waals surface area contributed by atoms with Crippen LogP contribution in [0.1, 0.15) is 61.3 Å². The maximum absolute atomic E-state index is 6.51. The summed E-state index contributed by atoms with van der Waals surface area (Å²) < 4.78 is 0. The van der Waals surface area contributed by atoms with E-state index in [1.807, 2.05) is 58.0 Å². The number of rotatable bonds is 6. The van der Waals surface area contributed by atoms with Crippen LogP contribution in [0.25, 0.3) is 0 Å². The van der Waals surface area contributed by atoms with Crippen molar-refractivity contribution in [1.82, 2.24) is 4.98 Å². The minimum atomic E-state index is -0.861. The molecule has 8 heteroatoms. The zero-order chi connectivity index (χ0) is 32.4. The smallest absolute Gasteiger partial charge is 0.342 e. The minimum Gasteiger partial charge on any atom is -0.342 e. The zero-order valence-electron chi connectivity index (χ0n) is 28.3. The van der Waals surface area contributed by atoms with Crippen LogP contribution in [0.2, 0.25) is 49.3 Å². The van der Waals surface area contributed by atoms with Crippen molar-refractivity contribution in [1.29, 1.82) is 0 Å². The number of aryl methyl sites for hydroxylation is 4. The third-order valence-corrected chi connectivity index (χ3v) is 5.96. The standard InChI is InChI=1S/C27H29Cl2N3.2C4H11Si.Fe/c1-7-20-12-16(3)14-22(28)26(20)30-18(5)24-10-9-11-25(32-24)19(6)31-27-21(8-2)13-17(4)15-23(27)29;2*1-5(2,3)4;/h9-15H,7-8H2,1-6H3;2*1H2,2-4H3;/q;2*-1;+2. The monoisotopic (exact) mass is 695 g/mol. The van der Waals surface area contributed by atoms with Gasteiger partial charge in [-0.1, -0.05) is 94.5 Å². The molecule has 0 saturated carbocycles. The second-order valence-electron chi connectivity index (χ2n) is 13.1. The van der Waals surface area contributed by atoms with Crippen molar-refractivity contribution in [3.8, 4) is 0 Å². The number of hydrogen-bond donors (Lipinski definition) is 0. The summed E-state index contributed by atoms with van der Waals surface area (Å²) in [6.45, 7) is 33.3. The molecule has 2 aromatic carbocycles. The van der Waals surface area contributed by atoms with Crippen LogP contribution in [0.3, 0.4) is 0 Å². The van der Waals surface area contributed by atoms with Gasteiger partial charge in [0.15, 0.2) is 0 Å². The molecule has 0 amide bonds. The van der Waals surface area contributed by atoms with Gasteiger partial charge in [-0.15, -0.1) is 16.1 Å². The molecule has 0 N–H and O–H groups in total. The van der Waals surface area contributed by atoms with E-state index in [2.05, 4.69) is 78.4 Å². The molecule has 0 aliphatic heterocycles. The van der Waals surface area contributed by atoms with E-state index in [9.17, 15) is 0 Å². The third kappa shape index (κ3) is 16.4. The topological polar surface area (TPSA) is 37.6 Å². The fourth-order valence-corrected chi connectivity index (χ4v) is 4.36. The molecule has 0 fully saturated rings. The van der Waals surface area contributed by atoms with Crippen LogP contribution in [0.5, 0.6) is 0 Å². The zero-order valence-corrected chi connectivity index (χ0v) is 32.9. The van der Waals surface area contributed by atoms with Crippen molar-refractivity contribution in [3.05, 3.63) is 99.2 Å². The average molecular weight is 697 g/mol. The molecule has 3 aromatic rings. The van der Waals surface area contributed by atoms with Crippen molar-refractivity contribution in [2.45, 2.75) is 93.7 Å². The van der Waals surface area contributed by atoms with Gasteiger partial charge in [0, 0.05) is 0 Å². The fourth-order valence-electron chi connectivity index (χ4n) is 3.69. The molecule has 0 saturated heterocycles. The van der Waals surface area contributed by atoms with E-state index in [1.54, 1.807) is 0 Å². The Hall–Kier alpha value is -1.54. The summed E-state index contributed by atoms with van der Waals surface area (Å²) in [6.07, 6.45) is 1.73. The first-order chi connectivity index (χ1) is 19.2. The molecule has 0 spiro atoms. The predicted molar refractivity (Wildman–Crippen MR) is 197 cm³/mol. The number of nitrogens with zero attached hydrogens (tertiary/aromatic N) is 3. The molecule has 3 rings (SSSR count). The first kappa shape index (κ1) is 41.5. The van der Waals surface area contributed by atoms with Crippen LogP contribution in [-0.2, 0) is 29.9 Å². The predicted octanol–water partition coefficient (Wildman–Crippen LogP) is 11.8. The van der Waals surface area contributed by atoms with Gasteiger partial charge >= 0.3 is 17.1 Å². The van der Waals surface area contributed by atoms with E-state index in [1.165, 1.54) is 0 Å². The van der Waals surface area contributed by atoms with E-state index in [-0.39, 0.29) is 17.1 Å². The number of benzene rings is 2. The quantitative estimate of drug-likeness (QED) is 0.144. The van der Waals surface area contributed by atoms with E-state index < -0.39 is 16.1 Å². The number of pyridine rings is 1. The molecule has 0 unspecified atom stereocenters. The molecule has 0 aliphatic carbocycles. The summed E-state index contributed by atoms with van der Waals surface area (Å²) in [5.41, 5.74) is 9.36. The minimum absolute atomic E-state index is 0. The number of aliphatic imine (C=N–C) groups is 2. The summed E-state index contributed by atoms with van der Waals surface area (Å²) in [4.78, 5) is 14.5. The second kappa shape index (κ2) is 18.4. The van der Waals surface area contributed by atoms with E-state index >= 15 is 0 Å². The normalized spacial score (nSPS) is 12.0. The Balaban J connectivity index is 0.00000139. The summed E-state index contributed by atoms with van der Waals surface area (Å²) in [7, 11) is -1.72. The molecule has 236 valence electrons. The fraction of sp³-hybridized carbons (Fsp3) is 0.400. The van der Waals surface area contributed by atoms with Crippen LogP contribution in [0, 0.1) is 26.9 Å². The number of hydrogen-bond acceptors (Lipinski definition) is 3. The van der Waals surface area contributed by atoms with Gasteiger partial charge in [0.05, 0.1) is 44.2 Å². The van der Waals surface area contributed by atoms with Gasteiger partial charge in [0.2, 0.25) is 0 Å². The van der Waals surface area contributed by atoms with Gasteiger partial charge in [0.1, 0.15) is 0 Å². The Labute approximate surface area is 285 Å². The Bertz CT molecular complexity index is 1290. The number of halogens is 2. The van der Waals surface area contributed by atoms with E-state index in [0.29, 0.717) is 10.0 Å². The average Bonchev–Trinajstić information content (AvgIpc) is 2.84. The Morgan fingerprint density at radius 2 is 1.00 bits per heavy atom. The van der Waals surface area contributed by atoms with Crippen molar-refractivity contribution >= 4 is 62.1 Å². The van der Waals surface area contributed by atoms with Crippen molar-refractivity contribution < 1.29 is 17.1 Å². The van der Waals surface area contributed by atoms with Crippen LogP contribution in [0.4, 0.5) is 11.4 Å². The Morgan fingerprint density at radius 3 is 1.28 bits per heavy atom. The van der Waals surface area contributed by atoms with Crippen LogP contribution >= 0.6 is 23.2 Å². The summed E-state index contributed by atoms with van der Waals surface area (Å²) in [5, 5.41) is 1.33. The molecule has 1 aromatic heterocycles. The van der Waals surface area contributed by atoms with Crippen LogP contribution in [0.15, 0.2) is 52.4 Å². The van der Waals surface area contributed by atoms with Gasteiger partial charge in [-0.05, 0) is 87.1 Å². The molecule has 43 heavy (non-hydrogen) atoms. The molecular weight excluding hydrogens is 645 g/mol.